The lowest BCUT2D eigenvalue weighted by Crippen LogP contribution is -2.22. The van der Waals surface area contributed by atoms with Crippen LogP contribution in [0.3, 0.4) is 0 Å². The van der Waals surface area contributed by atoms with Gasteiger partial charge in [0.05, 0.1) is 16.8 Å². The number of nitrogen functional groups attached to an aromatic ring is 1. The SMILES string of the molecule is COCCN(C)Cc1ccc2nc(N)sc2c1. The summed E-state index contributed by atoms with van der Waals surface area (Å²) in [6.07, 6.45) is 0. The fourth-order valence-corrected chi connectivity index (χ4v) is 2.52. The number of benzene rings is 1. The lowest BCUT2D eigenvalue weighted by molar-refractivity contribution is 0.158. The van der Waals surface area contributed by atoms with Crippen LogP contribution in [0.25, 0.3) is 10.2 Å². The van der Waals surface area contributed by atoms with Crippen LogP contribution in [0.5, 0.6) is 0 Å². The maximum Gasteiger partial charge on any atom is 0.181 e. The van der Waals surface area contributed by atoms with Gasteiger partial charge >= 0.3 is 0 Å². The van der Waals surface area contributed by atoms with Gasteiger partial charge in [-0.3, -0.25) is 4.90 Å². The average Bonchev–Trinajstić information content (AvgIpc) is 2.65. The molecule has 0 unspecified atom stereocenters. The van der Waals surface area contributed by atoms with Crippen molar-refractivity contribution in [1.82, 2.24) is 9.88 Å². The van der Waals surface area contributed by atoms with E-state index in [0.717, 1.165) is 29.9 Å². The van der Waals surface area contributed by atoms with Gasteiger partial charge in [-0.25, -0.2) is 4.98 Å². The van der Waals surface area contributed by atoms with Crippen LogP contribution in [-0.4, -0.2) is 37.2 Å². The number of anilines is 1. The zero-order valence-electron chi connectivity index (χ0n) is 10.1. The fourth-order valence-electron chi connectivity index (χ4n) is 1.72. The molecule has 1 heterocycles. The van der Waals surface area contributed by atoms with Crippen molar-refractivity contribution in [2.24, 2.45) is 0 Å². The summed E-state index contributed by atoms with van der Waals surface area (Å²) in [4.78, 5) is 6.48. The van der Waals surface area contributed by atoms with E-state index >= 15 is 0 Å². The quantitative estimate of drug-likeness (QED) is 0.882. The van der Waals surface area contributed by atoms with E-state index in [1.54, 1.807) is 7.11 Å². The summed E-state index contributed by atoms with van der Waals surface area (Å²) in [6.45, 7) is 2.60. The second-order valence-corrected chi connectivity index (χ2v) is 5.15. The maximum absolute atomic E-state index is 5.69. The van der Waals surface area contributed by atoms with Crippen molar-refractivity contribution in [3.63, 3.8) is 0 Å². The van der Waals surface area contributed by atoms with Gasteiger partial charge in [-0.05, 0) is 24.7 Å². The highest BCUT2D eigenvalue weighted by Crippen LogP contribution is 2.24. The van der Waals surface area contributed by atoms with E-state index in [1.807, 2.05) is 6.07 Å². The van der Waals surface area contributed by atoms with Crippen LogP contribution in [0.15, 0.2) is 18.2 Å². The molecule has 2 aromatic rings. The molecule has 4 nitrogen and oxygen atoms in total. The molecule has 1 aromatic heterocycles. The summed E-state index contributed by atoms with van der Waals surface area (Å²) < 4.78 is 6.21. The van der Waals surface area contributed by atoms with Crippen LogP contribution in [0.2, 0.25) is 0 Å². The van der Waals surface area contributed by atoms with Gasteiger partial charge in [0.1, 0.15) is 0 Å². The number of methoxy groups -OCH3 is 1. The molecule has 0 saturated heterocycles. The van der Waals surface area contributed by atoms with E-state index in [1.165, 1.54) is 16.9 Å². The Kier molecular flexibility index (Phi) is 3.93. The Bertz CT molecular complexity index is 497. The van der Waals surface area contributed by atoms with Gasteiger partial charge in [0.25, 0.3) is 0 Å². The van der Waals surface area contributed by atoms with E-state index in [9.17, 15) is 0 Å². The van der Waals surface area contributed by atoms with Gasteiger partial charge in [-0.1, -0.05) is 17.4 Å². The first-order valence-corrected chi connectivity index (χ1v) is 6.33. The second-order valence-electron chi connectivity index (χ2n) is 4.08. The zero-order chi connectivity index (χ0) is 12.3. The van der Waals surface area contributed by atoms with E-state index in [4.69, 9.17) is 10.5 Å². The minimum Gasteiger partial charge on any atom is -0.383 e. The van der Waals surface area contributed by atoms with Crippen molar-refractivity contribution in [1.29, 1.82) is 0 Å². The minimum absolute atomic E-state index is 0.630. The molecule has 17 heavy (non-hydrogen) atoms. The molecule has 0 amide bonds. The molecule has 0 aliphatic heterocycles. The van der Waals surface area contributed by atoms with Crippen LogP contribution < -0.4 is 5.73 Å². The molecule has 0 bridgehead atoms. The standard InChI is InChI=1S/C12H17N3OS/c1-15(5-6-16-2)8-9-3-4-10-11(7-9)17-12(13)14-10/h3-4,7H,5-6,8H2,1-2H3,(H2,13,14). The van der Waals surface area contributed by atoms with Gasteiger partial charge < -0.3 is 10.5 Å². The lowest BCUT2D eigenvalue weighted by atomic mass is 10.2. The Balaban J connectivity index is 2.08. The number of ether oxygens (including phenoxy) is 1. The van der Waals surface area contributed by atoms with E-state index in [-0.39, 0.29) is 0 Å². The summed E-state index contributed by atoms with van der Waals surface area (Å²) >= 11 is 1.53. The molecule has 1 aromatic carbocycles. The third kappa shape index (κ3) is 3.15. The van der Waals surface area contributed by atoms with Crippen LogP contribution in [0.1, 0.15) is 5.56 Å². The van der Waals surface area contributed by atoms with Crippen LogP contribution in [0, 0.1) is 0 Å². The highest BCUT2D eigenvalue weighted by molar-refractivity contribution is 7.22. The number of rotatable bonds is 5. The molecule has 0 fully saturated rings. The molecule has 92 valence electrons. The third-order valence-electron chi connectivity index (χ3n) is 2.60. The van der Waals surface area contributed by atoms with Crippen molar-refractivity contribution >= 4 is 26.7 Å². The second kappa shape index (κ2) is 5.44. The van der Waals surface area contributed by atoms with Gasteiger partial charge in [-0.15, -0.1) is 0 Å². The van der Waals surface area contributed by atoms with Crippen LogP contribution in [-0.2, 0) is 11.3 Å². The van der Waals surface area contributed by atoms with Crippen molar-refractivity contribution in [2.45, 2.75) is 6.54 Å². The monoisotopic (exact) mass is 251 g/mol. The van der Waals surface area contributed by atoms with E-state index < -0.39 is 0 Å². The number of likely N-dealkylation sites (N-methyl/N-ethyl adjacent to an activating group) is 1. The van der Waals surface area contributed by atoms with Crippen LogP contribution >= 0.6 is 11.3 Å². The summed E-state index contributed by atoms with van der Waals surface area (Å²) in [6, 6.07) is 6.29. The Morgan fingerprint density at radius 1 is 1.47 bits per heavy atom. The van der Waals surface area contributed by atoms with Crippen molar-refractivity contribution in [2.75, 3.05) is 33.0 Å². The molecule has 2 rings (SSSR count). The molecular weight excluding hydrogens is 234 g/mol. The largest absolute Gasteiger partial charge is 0.383 e. The summed E-state index contributed by atoms with van der Waals surface area (Å²) in [5.74, 6) is 0. The van der Waals surface area contributed by atoms with Crippen molar-refractivity contribution in [3.8, 4) is 0 Å². The molecule has 2 N–H and O–H groups in total. The van der Waals surface area contributed by atoms with Gasteiger partial charge in [-0.2, -0.15) is 0 Å². The number of fused-ring (bicyclic) bond motifs is 1. The first-order valence-electron chi connectivity index (χ1n) is 5.51. The third-order valence-corrected chi connectivity index (χ3v) is 3.45. The fraction of sp³-hybridized carbons (Fsp3) is 0.417. The maximum atomic E-state index is 5.69. The Morgan fingerprint density at radius 2 is 2.29 bits per heavy atom. The number of hydrogen-bond donors (Lipinski definition) is 1. The van der Waals surface area contributed by atoms with E-state index in [2.05, 4.69) is 29.1 Å². The molecule has 0 aliphatic rings. The predicted molar refractivity (Wildman–Crippen MR) is 72.2 cm³/mol. The molecule has 0 spiro atoms. The van der Waals surface area contributed by atoms with Crippen LogP contribution in [0.4, 0.5) is 5.13 Å². The molecule has 0 radical (unpaired) electrons. The van der Waals surface area contributed by atoms with Gasteiger partial charge in [0, 0.05) is 20.2 Å². The number of thiazole rings is 1. The Labute approximate surface area is 105 Å². The first-order chi connectivity index (χ1) is 8.19. The van der Waals surface area contributed by atoms with E-state index in [0.29, 0.717) is 5.13 Å². The Morgan fingerprint density at radius 3 is 3.06 bits per heavy atom. The van der Waals surface area contributed by atoms with Gasteiger partial charge in [0.15, 0.2) is 5.13 Å². The number of nitrogens with zero attached hydrogens (tertiary/aromatic N) is 2. The highest BCUT2D eigenvalue weighted by Gasteiger charge is 2.04. The molecule has 0 saturated carbocycles. The topological polar surface area (TPSA) is 51.4 Å². The summed E-state index contributed by atoms with van der Waals surface area (Å²) in [5, 5.41) is 0.630. The smallest absolute Gasteiger partial charge is 0.181 e. The predicted octanol–water partition coefficient (Wildman–Crippen LogP) is 1.96. The van der Waals surface area contributed by atoms with Gasteiger partial charge in [0.2, 0.25) is 0 Å². The number of aromatic nitrogens is 1. The minimum atomic E-state index is 0.630. The lowest BCUT2D eigenvalue weighted by Gasteiger charge is -2.15. The average molecular weight is 251 g/mol. The zero-order valence-corrected chi connectivity index (χ0v) is 11.0. The molecule has 5 heteroatoms. The molecule has 0 atom stereocenters. The van der Waals surface area contributed by atoms with Crippen molar-refractivity contribution < 1.29 is 4.74 Å². The number of hydrogen-bond acceptors (Lipinski definition) is 5. The summed E-state index contributed by atoms with van der Waals surface area (Å²) in [7, 11) is 3.81. The highest BCUT2D eigenvalue weighted by atomic mass is 32.1. The first kappa shape index (κ1) is 12.3. The summed E-state index contributed by atoms with van der Waals surface area (Å²) in [5.41, 5.74) is 7.95. The molecule has 0 aliphatic carbocycles. The normalized spacial score (nSPS) is 11.5. The Hall–Kier alpha value is -1.17. The number of nitrogens with two attached hydrogens (primary N) is 1. The molecular formula is C12H17N3OS. The van der Waals surface area contributed by atoms with Crippen molar-refractivity contribution in [3.05, 3.63) is 23.8 Å².